The monoisotopic (exact) mass is 247 g/mol. The summed E-state index contributed by atoms with van der Waals surface area (Å²) >= 11 is 0. The number of fused-ring (bicyclic) bond motifs is 1. The third-order valence-corrected chi connectivity index (χ3v) is 2.79. The van der Waals surface area contributed by atoms with Gasteiger partial charge in [0.1, 0.15) is 0 Å². The first-order valence-corrected chi connectivity index (χ1v) is 5.80. The van der Waals surface area contributed by atoms with E-state index in [9.17, 15) is 4.79 Å². The van der Waals surface area contributed by atoms with E-state index in [2.05, 4.69) is 15.3 Å². The van der Waals surface area contributed by atoms with E-state index in [0.29, 0.717) is 5.95 Å². The molecule has 1 heterocycles. The molecule has 18 heavy (non-hydrogen) atoms. The zero-order chi connectivity index (χ0) is 13.2. The minimum atomic E-state index is -0.476. The van der Waals surface area contributed by atoms with Crippen LogP contribution in [0.1, 0.15) is 20.3 Å². The maximum atomic E-state index is 11.8. The van der Waals surface area contributed by atoms with Gasteiger partial charge in [-0.05, 0) is 26.0 Å². The summed E-state index contributed by atoms with van der Waals surface area (Å²) in [6.45, 7) is 3.73. The number of methoxy groups -OCH3 is 1. The number of para-hydroxylation sites is 2. The van der Waals surface area contributed by atoms with Gasteiger partial charge >= 0.3 is 0 Å². The number of aromatic amines is 1. The van der Waals surface area contributed by atoms with Crippen LogP contribution in [0.4, 0.5) is 5.95 Å². The van der Waals surface area contributed by atoms with Crippen molar-refractivity contribution in [2.24, 2.45) is 0 Å². The molecule has 0 fully saturated rings. The molecule has 0 aliphatic carbocycles. The molecule has 0 unspecified atom stereocenters. The predicted octanol–water partition coefficient (Wildman–Crippen LogP) is 2.32. The first-order chi connectivity index (χ1) is 8.50. The lowest BCUT2D eigenvalue weighted by molar-refractivity contribution is -0.121. The molecule has 96 valence electrons. The van der Waals surface area contributed by atoms with Crippen molar-refractivity contribution in [2.45, 2.75) is 25.9 Å². The van der Waals surface area contributed by atoms with Crippen LogP contribution in [-0.2, 0) is 9.53 Å². The maximum Gasteiger partial charge on any atom is 0.229 e. The SMILES string of the molecule is COC(C)(C)CC(=O)Nc1nc2ccccc2[nH]1. The number of benzene rings is 1. The molecule has 1 amide bonds. The number of hydrogen-bond donors (Lipinski definition) is 2. The van der Waals surface area contributed by atoms with Crippen molar-refractivity contribution in [3.63, 3.8) is 0 Å². The smallest absolute Gasteiger partial charge is 0.229 e. The van der Waals surface area contributed by atoms with Gasteiger partial charge in [0.2, 0.25) is 11.9 Å². The van der Waals surface area contributed by atoms with Gasteiger partial charge in [0, 0.05) is 7.11 Å². The summed E-state index contributed by atoms with van der Waals surface area (Å²) in [5, 5.41) is 2.74. The van der Waals surface area contributed by atoms with Gasteiger partial charge in [-0.3, -0.25) is 10.1 Å². The van der Waals surface area contributed by atoms with Crippen molar-refractivity contribution >= 4 is 22.9 Å². The number of nitrogens with zero attached hydrogens (tertiary/aromatic N) is 1. The lowest BCUT2D eigenvalue weighted by Gasteiger charge is -2.21. The average Bonchev–Trinajstić information content (AvgIpc) is 2.70. The molecule has 0 spiro atoms. The number of aromatic nitrogens is 2. The number of imidazole rings is 1. The van der Waals surface area contributed by atoms with Gasteiger partial charge < -0.3 is 9.72 Å². The van der Waals surface area contributed by atoms with Crippen molar-refractivity contribution in [1.29, 1.82) is 0 Å². The summed E-state index contributed by atoms with van der Waals surface area (Å²) in [6, 6.07) is 7.63. The van der Waals surface area contributed by atoms with Crippen LogP contribution in [-0.4, -0.2) is 28.6 Å². The lowest BCUT2D eigenvalue weighted by Crippen LogP contribution is -2.29. The minimum Gasteiger partial charge on any atom is -0.378 e. The van der Waals surface area contributed by atoms with E-state index in [1.165, 1.54) is 0 Å². The number of hydrogen-bond acceptors (Lipinski definition) is 3. The second-order valence-electron chi connectivity index (χ2n) is 4.79. The average molecular weight is 247 g/mol. The van der Waals surface area contributed by atoms with Crippen molar-refractivity contribution in [1.82, 2.24) is 9.97 Å². The summed E-state index contributed by atoms with van der Waals surface area (Å²) in [4.78, 5) is 19.1. The molecule has 2 aromatic rings. The summed E-state index contributed by atoms with van der Waals surface area (Å²) in [5.74, 6) is 0.342. The number of carbonyl (C=O) groups excluding carboxylic acids is 1. The van der Waals surface area contributed by atoms with E-state index in [4.69, 9.17) is 4.74 Å². The van der Waals surface area contributed by atoms with E-state index in [-0.39, 0.29) is 12.3 Å². The molecule has 0 aliphatic heterocycles. The van der Waals surface area contributed by atoms with Gasteiger partial charge in [0.15, 0.2) is 0 Å². The Morgan fingerprint density at radius 1 is 1.44 bits per heavy atom. The van der Waals surface area contributed by atoms with Gasteiger partial charge in [-0.1, -0.05) is 12.1 Å². The second kappa shape index (κ2) is 4.78. The molecule has 0 bridgehead atoms. The molecule has 5 heteroatoms. The fourth-order valence-corrected chi connectivity index (χ4v) is 1.65. The largest absolute Gasteiger partial charge is 0.378 e. The van der Waals surface area contributed by atoms with Crippen LogP contribution in [0.5, 0.6) is 0 Å². The number of nitrogens with one attached hydrogen (secondary N) is 2. The lowest BCUT2D eigenvalue weighted by atomic mass is 10.1. The van der Waals surface area contributed by atoms with E-state index in [1.54, 1.807) is 7.11 Å². The van der Waals surface area contributed by atoms with Crippen LogP contribution in [0.2, 0.25) is 0 Å². The van der Waals surface area contributed by atoms with Gasteiger partial charge in [-0.2, -0.15) is 0 Å². The summed E-state index contributed by atoms with van der Waals surface area (Å²) in [7, 11) is 1.59. The first-order valence-electron chi connectivity index (χ1n) is 5.80. The highest BCUT2D eigenvalue weighted by Crippen LogP contribution is 2.16. The molecule has 2 N–H and O–H groups in total. The molecule has 0 radical (unpaired) electrons. The van der Waals surface area contributed by atoms with Crippen molar-refractivity contribution in [2.75, 3.05) is 12.4 Å². The van der Waals surface area contributed by atoms with Crippen LogP contribution in [0.15, 0.2) is 24.3 Å². The minimum absolute atomic E-state index is 0.124. The normalized spacial score (nSPS) is 11.7. The summed E-state index contributed by atoms with van der Waals surface area (Å²) < 4.78 is 5.21. The number of amides is 1. The summed E-state index contributed by atoms with van der Waals surface area (Å²) in [6.07, 6.45) is 0.278. The second-order valence-corrected chi connectivity index (χ2v) is 4.79. The third kappa shape index (κ3) is 2.87. The predicted molar refractivity (Wildman–Crippen MR) is 70.4 cm³/mol. The molecule has 5 nitrogen and oxygen atoms in total. The Labute approximate surface area is 106 Å². The van der Waals surface area contributed by atoms with Crippen LogP contribution < -0.4 is 5.32 Å². The molecular weight excluding hydrogens is 230 g/mol. The van der Waals surface area contributed by atoms with E-state index >= 15 is 0 Å². The topological polar surface area (TPSA) is 67.0 Å². The highest BCUT2D eigenvalue weighted by Gasteiger charge is 2.21. The van der Waals surface area contributed by atoms with E-state index in [1.807, 2.05) is 38.1 Å². The molecular formula is C13H17N3O2. The third-order valence-electron chi connectivity index (χ3n) is 2.79. The fraction of sp³-hybridized carbons (Fsp3) is 0.385. The Morgan fingerprint density at radius 3 is 2.83 bits per heavy atom. The molecule has 0 atom stereocenters. The molecule has 0 saturated carbocycles. The van der Waals surface area contributed by atoms with Crippen LogP contribution >= 0.6 is 0 Å². The summed E-state index contributed by atoms with van der Waals surface area (Å²) in [5.41, 5.74) is 1.26. The first kappa shape index (κ1) is 12.6. The zero-order valence-electron chi connectivity index (χ0n) is 10.8. The van der Waals surface area contributed by atoms with E-state index < -0.39 is 5.60 Å². The quantitative estimate of drug-likeness (QED) is 0.871. The Morgan fingerprint density at radius 2 is 2.17 bits per heavy atom. The molecule has 1 aromatic heterocycles. The Balaban J connectivity index is 2.07. The number of H-pyrrole nitrogens is 1. The van der Waals surface area contributed by atoms with E-state index in [0.717, 1.165) is 11.0 Å². The molecule has 0 aliphatic rings. The van der Waals surface area contributed by atoms with Crippen LogP contribution in [0, 0.1) is 0 Å². The van der Waals surface area contributed by atoms with Crippen molar-refractivity contribution in [3.8, 4) is 0 Å². The fourth-order valence-electron chi connectivity index (χ4n) is 1.65. The number of carbonyl (C=O) groups is 1. The number of ether oxygens (including phenoxy) is 1. The molecule has 2 rings (SSSR count). The van der Waals surface area contributed by atoms with Gasteiger partial charge in [0.05, 0.1) is 23.1 Å². The highest BCUT2D eigenvalue weighted by atomic mass is 16.5. The number of rotatable bonds is 4. The molecule has 0 saturated heterocycles. The van der Waals surface area contributed by atoms with Crippen LogP contribution in [0.3, 0.4) is 0 Å². The number of anilines is 1. The Bertz CT molecular complexity index is 527. The molecule has 1 aromatic carbocycles. The van der Waals surface area contributed by atoms with Gasteiger partial charge in [0.25, 0.3) is 0 Å². The van der Waals surface area contributed by atoms with Crippen molar-refractivity contribution < 1.29 is 9.53 Å². The highest BCUT2D eigenvalue weighted by molar-refractivity contribution is 5.91. The van der Waals surface area contributed by atoms with Gasteiger partial charge in [-0.15, -0.1) is 0 Å². The van der Waals surface area contributed by atoms with Crippen LogP contribution in [0.25, 0.3) is 11.0 Å². The maximum absolute atomic E-state index is 11.8. The Kier molecular flexibility index (Phi) is 3.34. The zero-order valence-corrected chi connectivity index (χ0v) is 10.8. The van der Waals surface area contributed by atoms with Crippen molar-refractivity contribution in [3.05, 3.63) is 24.3 Å². The standard InChI is InChI=1S/C13H17N3O2/c1-13(2,18-3)8-11(17)16-12-14-9-6-4-5-7-10(9)15-12/h4-7H,8H2,1-3H3,(H2,14,15,16,17). The Hall–Kier alpha value is -1.88. The van der Waals surface area contributed by atoms with Gasteiger partial charge in [-0.25, -0.2) is 4.98 Å².